The van der Waals surface area contributed by atoms with Gasteiger partial charge in [-0.1, -0.05) is 19.3 Å². The van der Waals surface area contributed by atoms with Crippen LogP contribution in [0.4, 0.5) is 0 Å². The molecule has 0 aliphatic heterocycles. The summed E-state index contributed by atoms with van der Waals surface area (Å²) in [6.07, 6.45) is 8.90. The molecule has 0 atom stereocenters. The minimum atomic E-state index is 0.536. The van der Waals surface area contributed by atoms with Crippen LogP contribution in [0.3, 0.4) is 0 Å². The first kappa shape index (κ1) is 11.0. The molecule has 0 spiro atoms. The molecule has 2 N–H and O–H groups in total. The highest BCUT2D eigenvalue weighted by Gasteiger charge is 2.14. The summed E-state index contributed by atoms with van der Waals surface area (Å²) in [5.74, 6) is 0. The number of pyridine rings is 1. The summed E-state index contributed by atoms with van der Waals surface area (Å²) in [4.78, 5) is 5.61. The Balaban J connectivity index is 1.91. The van der Waals surface area contributed by atoms with Gasteiger partial charge in [-0.25, -0.2) is 0 Å². The van der Waals surface area contributed by atoms with E-state index in [1.54, 1.807) is 0 Å². The SMILES string of the molecule is NCc1ccc(SC2CCCCC2)cn1. The molecule has 1 aromatic rings. The second kappa shape index (κ2) is 5.52. The summed E-state index contributed by atoms with van der Waals surface area (Å²) in [7, 11) is 0. The standard InChI is InChI=1S/C12H18N2S/c13-8-10-6-7-12(9-14-10)15-11-4-2-1-3-5-11/h6-7,9,11H,1-5,8,13H2. The van der Waals surface area contributed by atoms with E-state index in [9.17, 15) is 0 Å². The maximum Gasteiger partial charge on any atom is 0.0540 e. The molecule has 1 saturated carbocycles. The first-order valence-corrected chi connectivity index (χ1v) is 6.58. The highest BCUT2D eigenvalue weighted by Crippen LogP contribution is 2.33. The monoisotopic (exact) mass is 222 g/mol. The van der Waals surface area contributed by atoms with Crippen LogP contribution in [0.25, 0.3) is 0 Å². The Bertz CT molecular complexity index is 291. The lowest BCUT2D eigenvalue weighted by Gasteiger charge is -2.20. The van der Waals surface area contributed by atoms with E-state index in [4.69, 9.17) is 5.73 Å². The molecule has 2 rings (SSSR count). The number of nitrogens with zero attached hydrogens (tertiary/aromatic N) is 1. The van der Waals surface area contributed by atoms with E-state index in [1.165, 1.54) is 37.0 Å². The van der Waals surface area contributed by atoms with Gasteiger partial charge in [0, 0.05) is 22.9 Å². The highest BCUT2D eigenvalue weighted by molar-refractivity contribution is 8.00. The van der Waals surface area contributed by atoms with Crippen molar-refractivity contribution < 1.29 is 0 Å². The molecule has 1 heterocycles. The van der Waals surface area contributed by atoms with Crippen LogP contribution >= 0.6 is 11.8 Å². The molecule has 3 heteroatoms. The van der Waals surface area contributed by atoms with Crippen LogP contribution in [0, 0.1) is 0 Å². The second-order valence-corrected chi connectivity index (χ2v) is 5.44. The van der Waals surface area contributed by atoms with E-state index < -0.39 is 0 Å². The fourth-order valence-corrected chi connectivity index (χ4v) is 3.19. The molecule has 0 saturated heterocycles. The molecule has 15 heavy (non-hydrogen) atoms. The van der Waals surface area contributed by atoms with E-state index >= 15 is 0 Å². The Labute approximate surface area is 95.7 Å². The van der Waals surface area contributed by atoms with Crippen LogP contribution in [0.1, 0.15) is 37.8 Å². The lowest BCUT2D eigenvalue weighted by atomic mass is 10.0. The Hall–Kier alpha value is -0.540. The van der Waals surface area contributed by atoms with Gasteiger partial charge in [0.15, 0.2) is 0 Å². The van der Waals surface area contributed by atoms with Crippen molar-refractivity contribution in [1.29, 1.82) is 0 Å². The molecule has 1 fully saturated rings. The minimum Gasteiger partial charge on any atom is -0.325 e. The number of rotatable bonds is 3. The van der Waals surface area contributed by atoms with Gasteiger partial charge in [0.1, 0.15) is 0 Å². The van der Waals surface area contributed by atoms with Crippen molar-refractivity contribution in [2.24, 2.45) is 5.73 Å². The molecule has 2 nitrogen and oxygen atoms in total. The molecule has 82 valence electrons. The summed E-state index contributed by atoms with van der Waals surface area (Å²) < 4.78 is 0. The molecule has 1 aromatic heterocycles. The van der Waals surface area contributed by atoms with Crippen molar-refractivity contribution >= 4 is 11.8 Å². The number of thioether (sulfide) groups is 1. The van der Waals surface area contributed by atoms with Gasteiger partial charge in [0.2, 0.25) is 0 Å². The van der Waals surface area contributed by atoms with Crippen LogP contribution in [0.15, 0.2) is 23.2 Å². The lowest BCUT2D eigenvalue weighted by Crippen LogP contribution is -2.07. The summed E-state index contributed by atoms with van der Waals surface area (Å²) in [6, 6.07) is 4.18. The zero-order valence-corrected chi connectivity index (χ0v) is 9.80. The van der Waals surface area contributed by atoms with Gasteiger partial charge in [0.05, 0.1) is 5.69 Å². The number of nitrogens with two attached hydrogens (primary N) is 1. The van der Waals surface area contributed by atoms with Crippen LogP contribution in [0.2, 0.25) is 0 Å². The molecule has 1 aliphatic carbocycles. The van der Waals surface area contributed by atoms with Crippen molar-refractivity contribution in [3.8, 4) is 0 Å². The van der Waals surface area contributed by atoms with Crippen molar-refractivity contribution in [3.05, 3.63) is 24.0 Å². The predicted octanol–water partition coefficient (Wildman–Crippen LogP) is 2.97. The van der Waals surface area contributed by atoms with Crippen molar-refractivity contribution in [3.63, 3.8) is 0 Å². The number of hydrogen-bond acceptors (Lipinski definition) is 3. The first-order valence-electron chi connectivity index (χ1n) is 5.70. The number of hydrogen-bond donors (Lipinski definition) is 1. The van der Waals surface area contributed by atoms with Crippen LogP contribution in [-0.4, -0.2) is 10.2 Å². The predicted molar refractivity (Wildman–Crippen MR) is 64.9 cm³/mol. The average molecular weight is 222 g/mol. The van der Waals surface area contributed by atoms with Gasteiger partial charge in [-0.3, -0.25) is 4.98 Å². The molecule has 1 aliphatic rings. The molecule has 0 aromatic carbocycles. The summed E-state index contributed by atoms with van der Waals surface area (Å²) in [6.45, 7) is 0.536. The fraction of sp³-hybridized carbons (Fsp3) is 0.583. The normalized spacial score (nSPS) is 17.9. The highest BCUT2D eigenvalue weighted by atomic mass is 32.2. The second-order valence-electron chi connectivity index (χ2n) is 4.07. The van der Waals surface area contributed by atoms with Crippen LogP contribution < -0.4 is 5.73 Å². The third-order valence-corrected chi connectivity index (χ3v) is 4.18. The Morgan fingerprint density at radius 3 is 2.67 bits per heavy atom. The summed E-state index contributed by atoms with van der Waals surface area (Å²) in [5.41, 5.74) is 6.49. The van der Waals surface area contributed by atoms with E-state index in [2.05, 4.69) is 11.1 Å². The van der Waals surface area contributed by atoms with E-state index in [-0.39, 0.29) is 0 Å². The molecule has 0 unspecified atom stereocenters. The lowest BCUT2D eigenvalue weighted by molar-refractivity contribution is 0.516. The third-order valence-electron chi connectivity index (χ3n) is 2.86. The zero-order valence-electron chi connectivity index (χ0n) is 8.98. The fourth-order valence-electron chi connectivity index (χ4n) is 1.98. The summed E-state index contributed by atoms with van der Waals surface area (Å²) in [5, 5.41) is 0.810. The molecule has 0 amide bonds. The smallest absolute Gasteiger partial charge is 0.0540 e. The van der Waals surface area contributed by atoms with Gasteiger partial charge in [0.25, 0.3) is 0 Å². The van der Waals surface area contributed by atoms with Gasteiger partial charge in [-0.2, -0.15) is 0 Å². The molecule has 0 bridgehead atoms. The maximum absolute atomic E-state index is 5.51. The number of aromatic nitrogens is 1. The topological polar surface area (TPSA) is 38.9 Å². The average Bonchev–Trinajstić information content (AvgIpc) is 2.31. The first-order chi connectivity index (χ1) is 7.38. The van der Waals surface area contributed by atoms with Crippen molar-refractivity contribution in [2.75, 3.05) is 0 Å². The molecule has 0 radical (unpaired) electrons. The summed E-state index contributed by atoms with van der Waals surface area (Å²) >= 11 is 1.98. The van der Waals surface area contributed by atoms with Gasteiger partial charge in [-0.15, -0.1) is 11.8 Å². The minimum absolute atomic E-state index is 0.536. The third kappa shape index (κ3) is 3.21. The quantitative estimate of drug-likeness (QED) is 0.854. The Kier molecular flexibility index (Phi) is 4.03. The van der Waals surface area contributed by atoms with Crippen molar-refractivity contribution in [1.82, 2.24) is 4.98 Å². The van der Waals surface area contributed by atoms with Gasteiger partial charge >= 0.3 is 0 Å². The van der Waals surface area contributed by atoms with E-state index in [0.29, 0.717) is 6.54 Å². The largest absolute Gasteiger partial charge is 0.325 e. The van der Waals surface area contributed by atoms with Crippen molar-refractivity contribution in [2.45, 2.75) is 48.8 Å². The zero-order chi connectivity index (χ0) is 10.5. The molecular weight excluding hydrogens is 204 g/mol. The Morgan fingerprint density at radius 2 is 2.07 bits per heavy atom. The molecular formula is C12H18N2S. The van der Waals surface area contributed by atoms with Crippen LogP contribution in [-0.2, 0) is 6.54 Å². The Morgan fingerprint density at radius 1 is 1.27 bits per heavy atom. The van der Waals surface area contributed by atoms with Crippen LogP contribution in [0.5, 0.6) is 0 Å². The van der Waals surface area contributed by atoms with E-state index in [0.717, 1.165) is 10.9 Å². The van der Waals surface area contributed by atoms with Gasteiger partial charge < -0.3 is 5.73 Å². The maximum atomic E-state index is 5.51. The van der Waals surface area contributed by atoms with E-state index in [1.807, 2.05) is 24.0 Å². The van der Waals surface area contributed by atoms with Gasteiger partial charge in [-0.05, 0) is 25.0 Å².